The van der Waals surface area contributed by atoms with Crippen molar-refractivity contribution >= 4 is 5.69 Å². The van der Waals surface area contributed by atoms with Crippen molar-refractivity contribution in [3.05, 3.63) is 24.3 Å². The third-order valence-electron chi connectivity index (χ3n) is 3.34. The molecule has 0 bridgehead atoms. The predicted molar refractivity (Wildman–Crippen MR) is 76.5 cm³/mol. The van der Waals surface area contributed by atoms with Gasteiger partial charge in [0.05, 0.1) is 6.10 Å². The zero-order valence-corrected chi connectivity index (χ0v) is 11.8. The molecule has 0 radical (unpaired) electrons. The fraction of sp³-hybridized carbons (Fsp3) is 0.600. The van der Waals surface area contributed by atoms with Crippen LogP contribution in [0.15, 0.2) is 24.3 Å². The molecule has 0 saturated carbocycles. The van der Waals surface area contributed by atoms with E-state index in [1.54, 1.807) is 0 Å². The van der Waals surface area contributed by atoms with E-state index in [0.717, 1.165) is 18.8 Å². The Kier molecular flexibility index (Phi) is 4.12. The van der Waals surface area contributed by atoms with Gasteiger partial charge in [0.1, 0.15) is 5.75 Å². The van der Waals surface area contributed by atoms with Crippen LogP contribution >= 0.6 is 0 Å². The van der Waals surface area contributed by atoms with Crippen LogP contribution in [0, 0.1) is 0 Å². The summed E-state index contributed by atoms with van der Waals surface area (Å²) in [5.41, 5.74) is 1.28. The van der Waals surface area contributed by atoms with E-state index in [2.05, 4.69) is 48.3 Å². The van der Waals surface area contributed by atoms with Gasteiger partial charge in [-0.15, -0.1) is 0 Å². The van der Waals surface area contributed by atoms with Gasteiger partial charge in [0.15, 0.2) is 0 Å². The highest BCUT2D eigenvalue weighted by atomic mass is 16.5. The van der Waals surface area contributed by atoms with Crippen molar-refractivity contribution in [1.82, 2.24) is 5.32 Å². The Balaban J connectivity index is 2.12. The summed E-state index contributed by atoms with van der Waals surface area (Å²) in [7, 11) is 0. The molecule has 2 unspecified atom stereocenters. The molecule has 1 aromatic carbocycles. The van der Waals surface area contributed by atoms with Crippen LogP contribution < -0.4 is 15.0 Å². The number of rotatable bonds is 3. The number of hydrogen-bond acceptors (Lipinski definition) is 3. The summed E-state index contributed by atoms with van der Waals surface area (Å²) >= 11 is 0. The maximum absolute atomic E-state index is 5.68. The molecule has 2 rings (SSSR count). The van der Waals surface area contributed by atoms with Gasteiger partial charge in [0.2, 0.25) is 0 Å². The van der Waals surface area contributed by atoms with Crippen molar-refractivity contribution in [2.45, 2.75) is 45.9 Å². The normalized spacial score (nSPS) is 24.4. The molecule has 3 nitrogen and oxygen atoms in total. The minimum atomic E-state index is 0.230. The summed E-state index contributed by atoms with van der Waals surface area (Å²) in [6.07, 6.45) is 0.230. The quantitative estimate of drug-likeness (QED) is 0.890. The standard InChI is InChI=1S/C15H24N2O/c1-11(2)18-15-7-5-14(6-8-15)17-12(3)9-16-10-13(17)4/h5-8,11-13,16H,9-10H2,1-4H3. The molecule has 18 heavy (non-hydrogen) atoms. The molecular formula is C15H24N2O. The Hall–Kier alpha value is -1.22. The van der Waals surface area contributed by atoms with Gasteiger partial charge < -0.3 is 15.0 Å². The largest absolute Gasteiger partial charge is 0.491 e. The first-order valence-corrected chi connectivity index (χ1v) is 6.83. The average Bonchev–Trinajstić information content (AvgIpc) is 2.30. The van der Waals surface area contributed by atoms with Crippen LogP contribution in [0.3, 0.4) is 0 Å². The topological polar surface area (TPSA) is 24.5 Å². The van der Waals surface area contributed by atoms with Crippen LogP contribution in [0.2, 0.25) is 0 Å². The SMILES string of the molecule is CC(C)Oc1ccc(N2C(C)CNCC2C)cc1. The fourth-order valence-electron chi connectivity index (χ4n) is 2.61. The van der Waals surface area contributed by atoms with Gasteiger partial charge >= 0.3 is 0 Å². The van der Waals surface area contributed by atoms with E-state index >= 15 is 0 Å². The van der Waals surface area contributed by atoms with Crippen molar-refractivity contribution < 1.29 is 4.74 Å². The van der Waals surface area contributed by atoms with Crippen LogP contribution in [-0.2, 0) is 0 Å². The summed E-state index contributed by atoms with van der Waals surface area (Å²) in [5.74, 6) is 0.948. The van der Waals surface area contributed by atoms with Crippen LogP contribution in [0.1, 0.15) is 27.7 Å². The van der Waals surface area contributed by atoms with Crippen LogP contribution in [0.25, 0.3) is 0 Å². The third kappa shape index (κ3) is 2.96. The zero-order valence-electron chi connectivity index (χ0n) is 11.8. The van der Waals surface area contributed by atoms with E-state index in [9.17, 15) is 0 Å². The summed E-state index contributed by atoms with van der Waals surface area (Å²) in [6.45, 7) is 10.7. The summed E-state index contributed by atoms with van der Waals surface area (Å²) in [5, 5.41) is 3.46. The monoisotopic (exact) mass is 248 g/mol. The van der Waals surface area contributed by atoms with Gasteiger partial charge in [-0.1, -0.05) is 0 Å². The van der Waals surface area contributed by atoms with Gasteiger partial charge in [0.25, 0.3) is 0 Å². The Labute approximate surface area is 110 Å². The zero-order chi connectivity index (χ0) is 13.1. The molecule has 1 saturated heterocycles. The van der Waals surface area contributed by atoms with E-state index in [4.69, 9.17) is 4.74 Å². The Morgan fingerprint density at radius 3 is 2.17 bits per heavy atom. The van der Waals surface area contributed by atoms with Crippen molar-refractivity contribution in [3.8, 4) is 5.75 Å². The highest BCUT2D eigenvalue weighted by molar-refractivity contribution is 5.51. The first kappa shape index (κ1) is 13.2. The molecular weight excluding hydrogens is 224 g/mol. The molecule has 100 valence electrons. The molecule has 0 amide bonds. The van der Waals surface area contributed by atoms with E-state index in [0.29, 0.717) is 12.1 Å². The molecule has 0 aromatic heterocycles. The lowest BCUT2D eigenvalue weighted by molar-refractivity contribution is 0.242. The molecule has 1 N–H and O–H groups in total. The number of nitrogens with one attached hydrogen (secondary N) is 1. The first-order valence-electron chi connectivity index (χ1n) is 6.83. The maximum atomic E-state index is 5.68. The van der Waals surface area contributed by atoms with Gasteiger partial charge in [0, 0.05) is 30.9 Å². The van der Waals surface area contributed by atoms with Gasteiger partial charge in [-0.3, -0.25) is 0 Å². The fourth-order valence-corrected chi connectivity index (χ4v) is 2.61. The maximum Gasteiger partial charge on any atom is 0.119 e. The van der Waals surface area contributed by atoms with Crippen LogP contribution in [0.4, 0.5) is 5.69 Å². The Morgan fingerprint density at radius 1 is 1.11 bits per heavy atom. The minimum absolute atomic E-state index is 0.230. The molecule has 1 aliphatic rings. The smallest absolute Gasteiger partial charge is 0.119 e. The van der Waals surface area contributed by atoms with E-state index in [1.165, 1.54) is 5.69 Å². The second-order valence-electron chi connectivity index (χ2n) is 5.42. The van der Waals surface area contributed by atoms with Crippen molar-refractivity contribution in [2.24, 2.45) is 0 Å². The molecule has 1 aliphatic heterocycles. The van der Waals surface area contributed by atoms with Gasteiger partial charge in [-0.2, -0.15) is 0 Å². The second kappa shape index (κ2) is 5.61. The summed E-state index contributed by atoms with van der Waals surface area (Å²) in [6, 6.07) is 9.52. The van der Waals surface area contributed by atoms with Crippen LogP contribution in [-0.4, -0.2) is 31.3 Å². The molecule has 3 heteroatoms. The van der Waals surface area contributed by atoms with Crippen molar-refractivity contribution in [2.75, 3.05) is 18.0 Å². The molecule has 1 heterocycles. The number of ether oxygens (including phenoxy) is 1. The lowest BCUT2D eigenvalue weighted by Crippen LogP contribution is -2.55. The summed E-state index contributed by atoms with van der Waals surface area (Å²) in [4.78, 5) is 2.48. The Bertz CT molecular complexity index is 365. The number of nitrogens with zero attached hydrogens (tertiary/aromatic N) is 1. The lowest BCUT2D eigenvalue weighted by atomic mass is 10.1. The van der Waals surface area contributed by atoms with Gasteiger partial charge in [-0.25, -0.2) is 0 Å². The minimum Gasteiger partial charge on any atom is -0.491 e. The predicted octanol–water partition coefficient (Wildman–Crippen LogP) is 2.66. The lowest BCUT2D eigenvalue weighted by Gasteiger charge is -2.41. The Morgan fingerprint density at radius 2 is 1.67 bits per heavy atom. The number of anilines is 1. The van der Waals surface area contributed by atoms with Crippen molar-refractivity contribution in [3.63, 3.8) is 0 Å². The highest BCUT2D eigenvalue weighted by Crippen LogP contribution is 2.25. The van der Waals surface area contributed by atoms with Crippen molar-refractivity contribution in [1.29, 1.82) is 0 Å². The van der Waals surface area contributed by atoms with E-state index in [-0.39, 0.29) is 6.10 Å². The molecule has 2 atom stereocenters. The molecule has 1 fully saturated rings. The molecule has 0 spiro atoms. The van der Waals surface area contributed by atoms with E-state index in [1.807, 2.05) is 13.8 Å². The molecule has 1 aromatic rings. The number of piperazine rings is 1. The van der Waals surface area contributed by atoms with Gasteiger partial charge in [-0.05, 0) is 52.0 Å². The van der Waals surface area contributed by atoms with E-state index < -0.39 is 0 Å². The number of benzene rings is 1. The first-order chi connectivity index (χ1) is 8.58. The third-order valence-corrected chi connectivity index (χ3v) is 3.34. The number of hydrogen-bond donors (Lipinski definition) is 1. The average molecular weight is 248 g/mol. The molecule has 0 aliphatic carbocycles. The highest BCUT2D eigenvalue weighted by Gasteiger charge is 2.24. The second-order valence-corrected chi connectivity index (χ2v) is 5.42. The summed E-state index contributed by atoms with van der Waals surface area (Å²) < 4.78 is 5.68. The van der Waals surface area contributed by atoms with Crippen LogP contribution in [0.5, 0.6) is 5.75 Å².